The van der Waals surface area contributed by atoms with Gasteiger partial charge in [-0.3, -0.25) is 4.72 Å². The van der Waals surface area contributed by atoms with Crippen molar-refractivity contribution in [1.82, 2.24) is 4.98 Å². The Kier molecular flexibility index (Phi) is 3.42. The Balaban J connectivity index is 2.44. The van der Waals surface area contributed by atoms with Gasteiger partial charge < -0.3 is 5.73 Å². The number of nitrogens with two attached hydrogens (primary N) is 1. The van der Waals surface area contributed by atoms with Crippen LogP contribution in [0.25, 0.3) is 0 Å². The molecule has 1 aromatic carbocycles. The minimum atomic E-state index is -4.07. The van der Waals surface area contributed by atoms with Crippen molar-refractivity contribution in [3.8, 4) is 0 Å². The first-order valence-electron chi connectivity index (χ1n) is 4.55. The summed E-state index contributed by atoms with van der Waals surface area (Å²) in [6.07, 6.45) is 0. The number of rotatable bonds is 3. The summed E-state index contributed by atoms with van der Waals surface area (Å²) in [4.78, 5) is 3.17. The molecule has 0 amide bonds. The molecule has 18 heavy (non-hydrogen) atoms. The largest absolute Gasteiger partial charge is 0.397 e. The third-order valence-corrected chi connectivity index (χ3v) is 4.30. The molecule has 0 bridgehead atoms. The van der Waals surface area contributed by atoms with Crippen molar-refractivity contribution in [2.45, 2.75) is 4.90 Å². The van der Waals surface area contributed by atoms with Crippen LogP contribution >= 0.6 is 22.9 Å². The molecule has 0 aliphatic carbocycles. The summed E-state index contributed by atoms with van der Waals surface area (Å²) in [5, 5.41) is 1.45. The molecule has 5 nitrogen and oxygen atoms in total. The Morgan fingerprint density at radius 1 is 1.44 bits per heavy atom. The van der Waals surface area contributed by atoms with Gasteiger partial charge in [0, 0.05) is 5.38 Å². The topological polar surface area (TPSA) is 85.1 Å². The van der Waals surface area contributed by atoms with Crippen molar-refractivity contribution in [3.05, 3.63) is 33.9 Å². The van der Waals surface area contributed by atoms with E-state index in [1.807, 2.05) is 0 Å². The fourth-order valence-corrected chi connectivity index (χ4v) is 3.08. The molecule has 96 valence electrons. The number of anilines is 2. The van der Waals surface area contributed by atoms with E-state index in [9.17, 15) is 12.8 Å². The van der Waals surface area contributed by atoms with Crippen molar-refractivity contribution in [2.24, 2.45) is 0 Å². The first-order chi connectivity index (χ1) is 8.40. The van der Waals surface area contributed by atoms with E-state index in [4.69, 9.17) is 17.3 Å². The molecule has 9 heteroatoms. The molecule has 2 rings (SSSR count). The van der Waals surface area contributed by atoms with E-state index >= 15 is 0 Å². The molecule has 0 atom stereocenters. The van der Waals surface area contributed by atoms with Crippen molar-refractivity contribution < 1.29 is 12.8 Å². The lowest BCUT2D eigenvalue weighted by Crippen LogP contribution is -2.15. The highest BCUT2D eigenvalue weighted by Gasteiger charge is 2.21. The summed E-state index contributed by atoms with van der Waals surface area (Å²) >= 11 is 6.88. The molecule has 1 aromatic heterocycles. The van der Waals surface area contributed by atoms with Crippen LogP contribution in [0.15, 0.2) is 27.9 Å². The van der Waals surface area contributed by atoms with E-state index in [0.717, 1.165) is 12.1 Å². The first kappa shape index (κ1) is 13.1. The Hall–Kier alpha value is -1.38. The number of benzene rings is 1. The van der Waals surface area contributed by atoms with Crippen LogP contribution in [-0.4, -0.2) is 13.4 Å². The van der Waals surface area contributed by atoms with Gasteiger partial charge in [-0.05, 0) is 12.1 Å². The van der Waals surface area contributed by atoms with Gasteiger partial charge in [-0.2, -0.15) is 0 Å². The molecule has 0 fully saturated rings. The van der Waals surface area contributed by atoms with Crippen LogP contribution in [0.2, 0.25) is 5.02 Å². The van der Waals surface area contributed by atoms with E-state index in [-0.39, 0.29) is 16.5 Å². The summed E-state index contributed by atoms with van der Waals surface area (Å²) in [7, 11) is -4.07. The zero-order chi connectivity index (χ0) is 13.3. The summed E-state index contributed by atoms with van der Waals surface area (Å²) < 4.78 is 39.5. The molecule has 0 saturated carbocycles. The summed E-state index contributed by atoms with van der Waals surface area (Å²) in [5.41, 5.74) is 6.79. The summed E-state index contributed by atoms with van der Waals surface area (Å²) in [6, 6.07) is 1.82. The fraction of sp³-hybridized carbons (Fsp3) is 0. The Morgan fingerprint density at radius 2 is 2.17 bits per heavy atom. The predicted octanol–water partition coefficient (Wildman–Crippen LogP) is 2.32. The lowest BCUT2D eigenvalue weighted by atomic mass is 10.3. The third kappa shape index (κ3) is 2.55. The first-order valence-corrected chi connectivity index (χ1v) is 7.36. The predicted molar refractivity (Wildman–Crippen MR) is 68.7 cm³/mol. The molecule has 0 radical (unpaired) electrons. The Labute approximate surface area is 111 Å². The van der Waals surface area contributed by atoms with Gasteiger partial charge in [0.25, 0.3) is 10.0 Å². The minimum Gasteiger partial charge on any atom is -0.397 e. The van der Waals surface area contributed by atoms with Crippen LogP contribution in [0.5, 0.6) is 0 Å². The zero-order valence-corrected chi connectivity index (χ0v) is 11.1. The standard InChI is InChI=1S/C9H7ClFN3O2S2/c10-5-1-8(6(11)2-7(5)12)18(15,16)14-9-3-17-4-13-9/h1-4,14H,12H2. The van der Waals surface area contributed by atoms with Crippen LogP contribution in [0.1, 0.15) is 0 Å². The highest BCUT2D eigenvalue weighted by atomic mass is 35.5. The number of hydrogen-bond acceptors (Lipinski definition) is 5. The molecule has 0 aliphatic heterocycles. The molecule has 0 spiro atoms. The van der Waals surface area contributed by atoms with Gasteiger partial charge in [-0.25, -0.2) is 17.8 Å². The van der Waals surface area contributed by atoms with Crippen LogP contribution in [0.4, 0.5) is 15.9 Å². The Morgan fingerprint density at radius 3 is 2.78 bits per heavy atom. The zero-order valence-electron chi connectivity index (χ0n) is 8.72. The quantitative estimate of drug-likeness (QED) is 0.852. The monoisotopic (exact) mass is 307 g/mol. The van der Waals surface area contributed by atoms with E-state index in [1.165, 1.54) is 22.2 Å². The van der Waals surface area contributed by atoms with Gasteiger partial charge in [0.2, 0.25) is 0 Å². The van der Waals surface area contributed by atoms with Gasteiger partial charge in [0.1, 0.15) is 10.7 Å². The molecule has 1 heterocycles. The SMILES string of the molecule is Nc1cc(F)c(S(=O)(=O)Nc2cscn2)cc1Cl. The van der Waals surface area contributed by atoms with E-state index in [1.54, 1.807) is 0 Å². The maximum atomic E-state index is 13.6. The number of thiazole rings is 1. The van der Waals surface area contributed by atoms with Crippen LogP contribution in [0.3, 0.4) is 0 Å². The summed E-state index contributed by atoms with van der Waals surface area (Å²) in [5.74, 6) is -0.855. The smallest absolute Gasteiger partial charge is 0.266 e. The van der Waals surface area contributed by atoms with E-state index in [2.05, 4.69) is 9.71 Å². The van der Waals surface area contributed by atoms with Gasteiger partial charge >= 0.3 is 0 Å². The maximum Gasteiger partial charge on any atom is 0.266 e. The number of nitrogen functional groups attached to an aromatic ring is 1. The second-order valence-corrected chi connectivity index (χ2v) is 6.06. The average molecular weight is 308 g/mol. The van der Waals surface area contributed by atoms with Gasteiger partial charge in [0.05, 0.1) is 16.2 Å². The van der Waals surface area contributed by atoms with Crippen molar-refractivity contribution in [1.29, 1.82) is 0 Å². The number of hydrogen-bond donors (Lipinski definition) is 2. The number of nitrogens with one attached hydrogen (secondary N) is 1. The van der Waals surface area contributed by atoms with Crippen LogP contribution in [0, 0.1) is 5.82 Å². The molecule has 0 unspecified atom stereocenters. The number of sulfonamides is 1. The molecular weight excluding hydrogens is 301 g/mol. The number of halogens is 2. The molecule has 0 saturated heterocycles. The van der Waals surface area contributed by atoms with E-state index in [0.29, 0.717) is 0 Å². The fourth-order valence-electron chi connectivity index (χ4n) is 1.21. The lowest BCUT2D eigenvalue weighted by molar-refractivity contribution is 0.570. The van der Waals surface area contributed by atoms with Crippen LogP contribution < -0.4 is 10.5 Å². The second-order valence-electron chi connectivity index (χ2n) is 3.28. The molecular formula is C9H7ClFN3O2S2. The average Bonchev–Trinajstić information content (AvgIpc) is 2.75. The highest BCUT2D eigenvalue weighted by molar-refractivity contribution is 7.92. The van der Waals surface area contributed by atoms with Gasteiger partial charge in [-0.1, -0.05) is 11.6 Å². The Bertz CT molecular complexity index is 673. The highest BCUT2D eigenvalue weighted by Crippen LogP contribution is 2.27. The second kappa shape index (κ2) is 4.71. The maximum absolute atomic E-state index is 13.6. The van der Waals surface area contributed by atoms with Crippen molar-refractivity contribution in [3.63, 3.8) is 0 Å². The number of aromatic nitrogens is 1. The third-order valence-electron chi connectivity index (χ3n) is 2.01. The normalized spacial score (nSPS) is 11.4. The van der Waals surface area contributed by atoms with Crippen molar-refractivity contribution >= 4 is 44.5 Å². The summed E-state index contributed by atoms with van der Waals surface area (Å²) in [6.45, 7) is 0. The van der Waals surface area contributed by atoms with Crippen molar-refractivity contribution in [2.75, 3.05) is 10.5 Å². The number of nitrogens with zero attached hydrogens (tertiary/aromatic N) is 1. The van der Waals surface area contributed by atoms with Gasteiger partial charge in [-0.15, -0.1) is 11.3 Å². The minimum absolute atomic E-state index is 0.0261. The van der Waals surface area contributed by atoms with Crippen LogP contribution in [-0.2, 0) is 10.0 Å². The van der Waals surface area contributed by atoms with Gasteiger partial charge in [0.15, 0.2) is 5.82 Å². The lowest BCUT2D eigenvalue weighted by Gasteiger charge is -2.08. The molecule has 0 aliphatic rings. The molecule has 2 aromatic rings. The molecule has 3 N–H and O–H groups in total. The van der Waals surface area contributed by atoms with E-state index < -0.39 is 20.7 Å².